The normalized spacial score (nSPS) is 9.50. The van der Waals surface area contributed by atoms with E-state index in [1.165, 1.54) is 0 Å². The number of ether oxygens (including phenoxy) is 1. The largest absolute Gasteiger partial charge is 0.412 e. The highest BCUT2D eigenvalue weighted by Crippen LogP contribution is 2.07. The zero-order valence-corrected chi connectivity index (χ0v) is 7.69. The molecule has 1 aromatic carbocycles. The number of hydrogen-bond donors (Lipinski definition) is 2. The van der Waals surface area contributed by atoms with Crippen molar-refractivity contribution < 1.29 is 14.6 Å². The monoisotopic (exact) mass is 194 g/mol. The third-order valence-corrected chi connectivity index (χ3v) is 1.50. The smallest absolute Gasteiger partial charge is 0.410 e. The van der Waals surface area contributed by atoms with Crippen molar-refractivity contribution in [3.63, 3.8) is 0 Å². The highest BCUT2D eigenvalue weighted by Gasteiger charge is 2.01. The fourth-order valence-electron chi connectivity index (χ4n) is 0.852. The van der Waals surface area contributed by atoms with E-state index in [0.29, 0.717) is 18.7 Å². The molecule has 4 nitrogen and oxygen atoms in total. The number of aliphatic hydroxyl groups is 1. The van der Waals surface area contributed by atoms with Gasteiger partial charge in [0.1, 0.15) is 5.75 Å². The van der Waals surface area contributed by atoms with E-state index in [0.717, 1.165) is 0 Å². The van der Waals surface area contributed by atoms with Gasteiger partial charge in [-0.3, -0.25) is 0 Å². The number of carbonyl (C=O) groups excluding carboxylic acids is 1. The van der Waals surface area contributed by atoms with Crippen molar-refractivity contribution in [2.75, 3.05) is 13.2 Å². The summed E-state index contributed by atoms with van der Waals surface area (Å²) < 4.78 is 4.91. The standard InChI is InChI=1S/C10H12NO3/c12-8-4-7-11-10(13)14-9-5-2-1-3-6-9/h2-3,5-6,12H,4,7-8H2,(H,11,13). The SMILES string of the molecule is O=C(NCCCO)Oc1cc[c]cc1. The lowest BCUT2D eigenvalue weighted by atomic mass is 10.3. The molecule has 1 rings (SSSR count). The summed E-state index contributed by atoms with van der Waals surface area (Å²) in [6, 6.07) is 9.43. The third kappa shape index (κ3) is 3.91. The Hall–Kier alpha value is -1.55. The molecule has 0 heterocycles. The van der Waals surface area contributed by atoms with Crippen LogP contribution in [-0.2, 0) is 0 Å². The number of rotatable bonds is 4. The lowest BCUT2D eigenvalue weighted by Crippen LogP contribution is -2.28. The minimum absolute atomic E-state index is 0.0561. The van der Waals surface area contributed by atoms with Crippen LogP contribution in [0.2, 0.25) is 0 Å². The summed E-state index contributed by atoms with van der Waals surface area (Å²) in [6.07, 6.45) is 0.0159. The van der Waals surface area contributed by atoms with Crippen LogP contribution in [0.4, 0.5) is 4.79 Å². The second-order valence-electron chi connectivity index (χ2n) is 2.63. The number of aliphatic hydroxyl groups excluding tert-OH is 1. The summed E-state index contributed by atoms with van der Waals surface area (Å²) in [5.74, 6) is 0.477. The molecular formula is C10H12NO3. The molecule has 4 heteroatoms. The van der Waals surface area contributed by atoms with Crippen LogP contribution in [0.1, 0.15) is 6.42 Å². The maximum absolute atomic E-state index is 11.1. The molecule has 1 amide bonds. The maximum Gasteiger partial charge on any atom is 0.412 e. The van der Waals surface area contributed by atoms with E-state index in [9.17, 15) is 4.79 Å². The number of carbonyl (C=O) groups is 1. The van der Waals surface area contributed by atoms with Crippen molar-refractivity contribution in [2.24, 2.45) is 0 Å². The molecule has 1 radical (unpaired) electrons. The molecule has 1 aromatic rings. The molecule has 0 unspecified atom stereocenters. The zero-order chi connectivity index (χ0) is 10.2. The number of hydrogen-bond acceptors (Lipinski definition) is 3. The van der Waals surface area contributed by atoms with Gasteiger partial charge in [0.15, 0.2) is 0 Å². The van der Waals surface area contributed by atoms with Gasteiger partial charge in [-0.15, -0.1) is 0 Å². The van der Waals surface area contributed by atoms with E-state index in [1.54, 1.807) is 24.3 Å². The van der Waals surface area contributed by atoms with Gasteiger partial charge >= 0.3 is 6.09 Å². The number of nitrogens with one attached hydrogen (secondary N) is 1. The molecule has 0 atom stereocenters. The van der Waals surface area contributed by atoms with Crippen LogP contribution in [0.3, 0.4) is 0 Å². The van der Waals surface area contributed by atoms with E-state index in [1.807, 2.05) is 0 Å². The Balaban J connectivity index is 2.27. The number of benzene rings is 1. The Morgan fingerprint density at radius 3 is 2.86 bits per heavy atom. The summed E-state index contributed by atoms with van der Waals surface area (Å²) in [6.45, 7) is 0.467. The van der Waals surface area contributed by atoms with Gasteiger partial charge in [0.2, 0.25) is 0 Å². The predicted molar refractivity (Wildman–Crippen MR) is 51.0 cm³/mol. The van der Waals surface area contributed by atoms with Crippen molar-refractivity contribution in [3.8, 4) is 5.75 Å². The molecular weight excluding hydrogens is 182 g/mol. The second-order valence-corrected chi connectivity index (χ2v) is 2.63. The van der Waals surface area contributed by atoms with E-state index in [2.05, 4.69) is 11.4 Å². The summed E-state index contributed by atoms with van der Waals surface area (Å²) >= 11 is 0. The van der Waals surface area contributed by atoms with Gasteiger partial charge in [0, 0.05) is 13.2 Å². The quantitative estimate of drug-likeness (QED) is 0.702. The summed E-state index contributed by atoms with van der Waals surface area (Å²) in [5.41, 5.74) is 0. The Morgan fingerprint density at radius 2 is 2.21 bits per heavy atom. The molecule has 0 fully saturated rings. The van der Waals surface area contributed by atoms with E-state index < -0.39 is 6.09 Å². The van der Waals surface area contributed by atoms with Crippen molar-refractivity contribution in [1.29, 1.82) is 0 Å². The molecule has 0 aliphatic heterocycles. The maximum atomic E-state index is 11.1. The summed E-state index contributed by atoms with van der Waals surface area (Å²) in [7, 11) is 0. The fraction of sp³-hybridized carbons (Fsp3) is 0.300. The Labute approximate surface area is 82.5 Å². The van der Waals surface area contributed by atoms with Gasteiger partial charge in [-0.2, -0.15) is 0 Å². The van der Waals surface area contributed by atoms with Crippen LogP contribution in [0, 0.1) is 6.07 Å². The fourth-order valence-corrected chi connectivity index (χ4v) is 0.852. The van der Waals surface area contributed by atoms with Gasteiger partial charge in [0.25, 0.3) is 0 Å². The van der Waals surface area contributed by atoms with Crippen LogP contribution in [0.15, 0.2) is 24.3 Å². The van der Waals surface area contributed by atoms with Gasteiger partial charge in [-0.05, 0) is 24.6 Å². The first-order valence-electron chi connectivity index (χ1n) is 4.35. The van der Waals surface area contributed by atoms with Gasteiger partial charge in [0.05, 0.1) is 0 Å². The average molecular weight is 194 g/mol. The van der Waals surface area contributed by atoms with Gasteiger partial charge < -0.3 is 15.2 Å². The minimum atomic E-state index is -0.510. The average Bonchev–Trinajstić information content (AvgIpc) is 2.20. The van der Waals surface area contributed by atoms with Crippen LogP contribution in [0.5, 0.6) is 5.75 Å². The summed E-state index contributed by atoms with van der Waals surface area (Å²) in [4.78, 5) is 11.1. The third-order valence-electron chi connectivity index (χ3n) is 1.50. The van der Waals surface area contributed by atoms with Crippen molar-refractivity contribution in [3.05, 3.63) is 30.3 Å². The molecule has 0 spiro atoms. The molecule has 0 aliphatic carbocycles. The minimum Gasteiger partial charge on any atom is -0.410 e. The topological polar surface area (TPSA) is 58.6 Å². The van der Waals surface area contributed by atoms with E-state index in [4.69, 9.17) is 9.84 Å². The van der Waals surface area contributed by atoms with E-state index in [-0.39, 0.29) is 6.61 Å². The molecule has 0 saturated carbocycles. The lowest BCUT2D eigenvalue weighted by Gasteiger charge is -2.04. The van der Waals surface area contributed by atoms with Crippen molar-refractivity contribution >= 4 is 6.09 Å². The first-order valence-corrected chi connectivity index (χ1v) is 4.35. The van der Waals surface area contributed by atoms with E-state index >= 15 is 0 Å². The molecule has 0 saturated heterocycles. The van der Waals surface area contributed by atoms with Crippen LogP contribution >= 0.6 is 0 Å². The van der Waals surface area contributed by atoms with Crippen LogP contribution in [-0.4, -0.2) is 24.4 Å². The Morgan fingerprint density at radius 1 is 1.50 bits per heavy atom. The van der Waals surface area contributed by atoms with Crippen LogP contribution < -0.4 is 10.1 Å². The highest BCUT2D eigenvalue weighted by molar-refractivity contribution is 5.70. The Bertz CT molecular complexity index is 274. The first kappa shape index (κ1) is 10.5. The number of amides is 1. The highest BCUT2D eigenvalue weighted by atomic mass is 16.6. The van der Waals surface area contributed by atoms with Crippen molar-refractivity contribution in [2.45, 2.75) is 6.42 Å². The Kier molecular flexibility index (Phi) is 4.50. The second kappa shape index (κ2) is 5.99. The summed E-state index contributed by atoms with van der Waals surface area (Å²) in [5, 5.41) is 11.0. The zero-order valence-electron chi connectivity index (χ0n) is 7.69. The van der Waals surface area contributed by atoms with Gasteiger partial charge in [-0.1, -0.05) is 12.1 Å². The molecule has 0 aliphatic rings. The van der Waals surface area contributed by atoms with Crippen LogP contribution in [0.25, 0.3) is 0 Å². The lowest BCUT2D eigenvalue weighted by molar-refractivity contribution is 0.199. The molecule has 75 valence electrons. The first-order chi connectivity index (χ1) is 6.83. The van der Waals surface area contributed by atoms with Crippen molar-refractivity contribution in [1.82, 2.24) is 5.32 Å². The molecule has 14 heavy (non-hydrogen) atoms. The molecule has 2 N–H and O–H groups in total. The van der Waals surface area contributed by atoms with Gasteiger partial charge in [-0.25, -0.2) is 4.79 Å². The molecule has 0 bridgehead atoms. The predicted octanol–water partition coefficient (Wildman–Crippen LogP) is 0.958. The molecule has 0 aromatic heterocycles.